The van der Waals surface area contributed by atoms with Gasteiger partial charge in [-0.25, -0.2) is 9.97 Å². The summed E-state index contributed by atoms with van der Waals surface area (Å²) in [6.07, 6.45) is 2.87. The molecule has 1 fully saturated rings. The number of benzene rings is 2. The molecular formula is C21H21ClN4O4. The number of phenols is 1. The van der Waals surface area contributed by atoms with Crippen molar-refractivity contribution in [3.63, 3.8) is 0 Å². The van der Waals surface area contributed by atoms with E-state index < -0.39 is 12.1 Å². The number of hydrogen-bond donors (Lipinski definition) is 4. The number of aliphatic hydroxyl groups is 1. The zero-order valence-corrected chi connectivity index (χ0v) is 16.8. The zero-order chi connectivity index (χ0) is 21.1. The van der Waals surface area contributed by atoms with Crippen molar-refractivity contribution >= 4 is 39.8 Å². The van der Waals surface area contributed by atoms with E-state index in [1.165, 1.54) is 12.4 Å². The molecule has 156 valence electrons. The molecule has 9 heteroatoms. The number of ketones is 1. The predicted molar refractivity (Wildman–Crippen MR) is 113 cm³/mol. The Bertz CT molecular complexity index is 1080. The Morgan fingerprint density at radius 1 is 1.30 bits per heavy atom. The maximum atomic E-state index is 12.3. The highest BCUT2D eigenvalue weighted by Gasteiger charge is 2.41. The molecule has 0 aliphatic carbocycles. The van der Waals surface area contributed by atoms with Crippen LogP contribution in [0.4, 0.5) is 11.5 Å². The van der Waals surface area contributed by atoms with Gasteiger partial charge in [0.15, 0.2) is 5.78 Å². The molecule has 0 spiro atoms. The molecule has 2 aromatic carbocycles. The van der Waals surface area contributed by atoms with E-state index >= 15 is 0 Å². The fraction of sp³-hybridized carbons (Fsp3) is 0.286. The summed E-state index contributed by atoms with van der Waals surface area (Å²) in [7, 11) is 0. The monoisotopic (exact) mass is 428 g/mol. The van der Waals surface area contributed by atoms with Crippen molar-refractivity contribution in [2.45, 2.75) is 18.4 Å². The van der Waals surface area contributed by atoms with Crippen LogP contribution in [0.15, 0.2) is 42.7 Å². The summed E-state index contributed by atoms with van der Waals surface area (Å²) >= 11 is 6.00. The number of aromatic hydroxyl groups is 1. The van der Waals surface area contributed by atoms with Gasteiger partial charge >= 0.3 is 0 Å². The normalized spacial score (nSPS) is 18.5. The molecule has 4 rings (SSSR count). The van der Waals surface area contributed by atoms with Crippen LogP contribution in [0.3, 0.4) is 0 Å². The number of fused-ring (bicyclic) bond motifs is 1. The number of aliphatic hydroxyl groups excluding tert-OH is 1. The molecule has 8 nitrogen and oxygen atoms in total. The van der Waals surface area contributed by atoms with Gasteiger partial charge in [-0.1, -0.05) is 17.7 Å². The molecule has 1 atom stereocenters. The number of nitrogens with one attached hydrogen (secondary N) is 2. The van der Waals surface area contributed by atoms with Gasteiger partial charge in [0, 0.05) is 5.69 Å². The molecule has 30 heavy (non-hydrogen) atoms. The van der Waals surface area contributed by atoms with Crippen LogP contribution in [0, 0.1) is 0 Å². The first-order valence-electron chi connectivity index (χ1n) is 9.54. The Morgan fingerprint density at radius 3 is 2.90 bits per heavy atom. The van der Waals surface area contributed by atoms with Gasteiger partial charge in [0.25, 0.3) is 0 Å². The van der Waals surface area contributed by atoms with Crippen molar-refractivity contribution in [2.75, 3.05) is 25.1 Å². The summed E-state index contributed by atoms with van der Waals surface area (Å²) in [5.41, 5.74) is 0.402. The number of carbonyl (C=O) groups is 1. The first-order chi connectivity index (χ1) is 14.5. The Kier molecular flexibility index (Phi) is 5.72. The Morgan fingerprint density at radius 2 is 2.17 bits per heavy atom. The molecule has 0 amide bonds. The number of anilines is 2. The van der Waals surface area contributed by atoms with Crippen molar-refractivity contribution in [1.82, 2.24) is 15.3 Å². The van der Waals surface area contributed by atoms with E-state index in [0.717, 1.165) is 6.42 Å². The Hall–Kier alpha value is -2.94. The second-order valence-electron chi connectivity index (χ2n) is 7.15. The Labute approximate surface area is 177 Å². The van der Waals surface area contributed by atoms with Gasteiger partial charge in [0.05, 0.1) is 15.9 Å². The van der Waals surface area contributed by atoms with E-state index in [4.69, 9.17) is 16.3 Å². The summed E-state index contributed by atoms with van der Waals surface area (Å²) < 4.78 is 6.07. The SMILES string of the molecule is O=C(CO)[C@@]1(COc2cccc3ncnc(Nc4ccc(O)c(Cl)c4)c23)CCCN1. The van der Waals surface area contributed by atoms with Gasteiger partial charge < -0.3 is 25.6 Å². The molecule has 0 saturated carbocycles. The molecule has 0 radical (unpaired) electrons. The highest BCUT2D eigenvalue weighted by atomic mass is 35.5. The van der Waals surface area contributed by atoms with Gasteiger partial charge in [-0.3, -0.25) is 4.79 Å². The predicted octanol–water partition coefficient (Wildman–Crippen LogP) is 2.79. The molecule has 0 unspecified atom stereocenters. The molecular weight excluding hydrogens is 408 g/mol. The van der Waals surface area contributed by atoms with Crippen molar-refractivity contribution in [2.24, 2.45) is 0 Å². The van der Waals surface area contributed by atoms with Crippen LogP contribution in [0.25, 0.3) is 10.9 Å². The average Bonchev–Trinajstić information content (AvgIpc) is 3.24. The lowest BCUT2D eigenvalue weighted by Crippen LogP contribution is -2.53. The van der Waals surface area contributed by atoms with E-state index in [0.29, 0.717) is 41.1 Å². The first kappa shape index (κ1) is 20.3. The number of aromatic nitrogens is 2. The smallest absolute Gasteiger partial charge is 0.181 e. The van der Waals surface area contributed by atoms with Crippen LogP contribution in [0.2, 0.25) is 5.02 Å². The minimum absolute atomic E-state index is 0.0123. The number of hydrogen-bond acceptors (Lipinski definition) is 8. The van der Waals surface area contributed by atoms with E-state index in [1.54, 1.807) is 18.2 Å². The van der Waals surface area contributed by atoms with Crippen LogP contribution < -0.4 is 15.4 Å². The van der Waals surface area contributed by atoms with Gasteiger partial charge in [-0.05, 0) is 49.7 Å². The molecule has 1 aromatic heterocycles. The van der Waals surface area contributed by atoms with Crippen molar-refractivity contribution in [1.29, 1.82) is 0 Å². The van der Waals surface area contributed by atoms with Gasteiger partial charge in [0.2, 0.25) is 0 Å². The Balaban J connectivity index is 1.67. The van der Waals surface area contributed by atoms with Crippen molar-refractivity contribution in [3.05, 3.63) is 47.7 Å². The summed E-state index contributed by atoms with van der Waals surface area (Å²) in [5.74, 6) is 0.717. The standard InChI is InChI=1S/C21H21ClN4O4/c22-14-9-13(5-6-16(14)28)26-20-19-15(23-12-24-20)3-1-4-17(19)30-11-21(18(29)10-27)7-2-8-25-21/h1,3-6,9,12,25,27-28H,2,7-8,10-11H2,(H,23,24,26)/t21-/m0/s1. The van der Waals surface area contributed by atoms with Crippen LogP contribution >= 0.6 is 11.6 Å². The maximum absolute atomic E-state index is 12.3. The fourth-order valence-corrected chi connectivity index (χ4v) is 3.80. The molecule has 1 aliphatic rings. The third-order valence-electron chi connectivity index (χ3n) is 5.23. The molecule has 2 heterocycles. The van der Waals surface area contributed by atoms with Crippen LogP contribution in [-0.4, -0.2) is 51.3 Å². The molecule has 3 aromatic rings. The highest BCUT2D eigenvalue weighted by Crippen LogP contribution is 2.34. The van der Waals surface area contributed by atoms with Gasteiger partial charge in [-0.15, -0.1) is 0 Å². The number of nitrogens with zero attached hydrogens (tertiary/aromatic N) is 2. The van der Waals surface area contributed by atoms with Crippen LogP contribution in [0.5, 0.6) is 11.5 Å². The lowest BCUT2D eigenvalue weighted by Gasteiger charge is -2.27. The maximum Gasteiger partial charge on any atom is 0.181 e. The third-order valence-corrected chi connectivity index (χ3v) is 5.53. The van der Waals surface area contributed by atoms with E-state index in [-0.39, 0.29) is 23.2 Å². The number of Topliss-reactive ketones (excluding diaryl/α,β-unsaturated/α-hetero) is 1. The van der Waals surface area contributed by atoms with Gasteiger partial charge in [0.1, 0.15) is 42.4 Å². The number of phenolic OH excluding ortho intramolecular Hbond substituents is 1. The number of ether oxygens (including phenoxy) is 1. The van der Waals surface area contributed by atoms with E-state index in [2.05, 4.69) is 20.6 Å². The second kappa shape index (κ2) is 8.43. The topological polar surface area (TPSA) is 117 Å². The zero-order valence-electron chi connectivity index (χ0n) is 16.1. The van der Waals surface area contributed by atoms with E-state index in [1.807, 2.05) is 12.1 Å². The summed E-state index contributed by atoms with van der Waals surface area (Å²) in [6, 6.07) is 10.2. The van der Waals surface area contributed by atoms with Crippen LogP contribution in [0.1, 0.15) is 12.8 Å². The van der Waals surface area contributed by atoms with Crippen molar-refractivity contribution < 1.29 is 19.7 Å². The molecule has 1 saturated heterocycles. The minimum atomic E-state index is -0.898. The van der Waals surface area contributed by atoms with Crippen molar-refractivity contribution in [3.8, 4) is 11.5 Å². The number of rotatable bonds is 7. The fourth-order valence-electron chi connectivity index (χ4n) is 3.62. The summed E-state index contributed by atoms with van der Waals surface area (Å²) in [6.45, 7) is 0.246. The molecule has 4 N–H and O–H groups in total. The highest BCUT2D eigenvalue weighted by molar-refractivity contribution is 6.32. The van der Waals surface area contributed by atoms with Crippen LogP contribution in [-0.2, 0) is 4.79 Å². The number of halogens is 1. The quantitative estimate of drug-likeness (QED) is 0.424. The largest absolute Gasteiger partial charge is 0.506 e. The minimum Gasteiger partial charge on any atom is -0.506 e. The van der Waals surface area contributed by atoms with E-state index in [9.17, 15) is 15.0 Å². The molecule has 0 bridgehead atoms. The molecule has 1 aliphatic heterocycles. The lowest BCUT2D eigenvalue weighted by molar-refractivity contribution is -0.128. The summed E-state index contributed by atoms with van der Waals surface area (Å²) in [4.78, 5) is 21.0. The summed E-state index contributed by atoms with van der Waals surface area (Å²) in [5, 5.41) is 26.2. The number of carbonyl (C=O) groups excluding carboxylic acids is 1. The van der Waals surface area contributed by atoms with Gasteiger partial charge in [-0.2, -0.15) is 0 Å². The first-order valence-corrected chi connectivity index (χ1v) is 9.91. The second-order valence-corrected chi connectivity index (χ2v) is 7.55. The lowest BCUT2D eigenvalue weighted by atomic mass is 9.93. The third kappa shape index (κ3) is 3.89. The average molecular weight is 429 g/mol.